The second-order valence-electron chi connectivity index (χ2n) is 7.03. The summed E-state index contributed by atoms with van der Waals surface area (Å²) in [5.74, 6) is 0.766. The van der Waals surface area contributed by atoms with Crippen LogP contribution in [0.4, 0.5) is 13.2 Å². The highest BCUT2D eigenvalue weighted by atomic mass is 35.5. The van der Waals surface area contributed by atoms with E-state index in [0.29, 0.717) is 27.1 Å². The Morgan fingerprint density at radius 2 is 1.70 bits per heavy atom. The molecule has 6 N–H and O–H groups in total. The predicted octanol–water partition coefficient (Wildman–Crippen LogP) is 0.825. The molecule has 178 valence electrons. The van der Waals surface area contributed by atoms with Gasteiger partial charge >= 0.3 is 0 Å². The van der Waals surface area contributed by atoms with Gasteiger partial charge in [-0.05, 0) is 30.3 Å². The Bertz CT molecular complexity index is 1040. The number of hydrogen-bond donors (Lipinski definition) is 5. The minimum Gasteiger partial charge on any atom is -0.394 e. The number of nitrogens with zero attached hydrogens (tertiary/aromatic N) is 1. The van der Waals surface area contributed by atoms with Crippen LogP contribution >= 0.6 is 35.0 Å². The van der Waals surface area contributed by atoms with Gasteiger partial charge in [0.25, 0.3) is 0 Å². The summed E-state index contributed by atoms with van der Waals surface area (Å²) in [6, 6.07) is 4.99. The van der Waals surface area contributed by atoms with Crippen LogP contribution in [0.3, 0.4) is 0 Å². The summed E-state index contributed by atoms with van der Waals surface area (Å²) >= 11 is 13.1. The van der Waals surface area contributed by atoms with E-state index < -0.39 is 53.8 Å². The van der Waals surface area contributed by atoms with Crippen molar-refractivity contribution in [2.45, 2.75) is 34.7 Å². The van der Waals surface area contributed by atoms with Crippen molar-refractivity contribution >= 4 is 46.9 Å². The Hall–Kier alpha value is -1.86. The van der Waals surface area contributed by atoms with Crippen molar-refractivity contribution in [3.05, 3.63) is 63.4 Å². The van der Waals surface area contributed by atoms with Crippen molar-refractivity contribution in [2.24, 2.45) is 10.9 Å². The van der Waals surface area contributed by atoms with E-state index in [2.05, 4.69) is 10.1 Å². The minimum atomic E-state index is -1.65. The molecule has 0 bridgehead atoms. The van der Waals surface area contributed by atoms with E-state index in [1.54, 1.807) is 12.1 Å². The third-order valence-electron chi connectivity index (χ3n) is 4.80. The summed E-state index contributed by atoms with van der Waals surface area (Å²) < 4.78 is 46.0. The Labute approximate surface area is 200 Å². The largest absolute Gasteiger partial charge is 0.394 e. The standard InChI is InChI=1S/C20H18Cl2F3N3O4S/c21-9-3-10(22)5-11(4-9)33-20-19(31)17(18(30)15(7-29)32-20)27-6-14(28-26)8-1-12(23)16(25)13(24)2-8/h1-6,15,17-20,29-31H,7,26H2/p+1/t15?,17?,18-,19?,20+/m0/s1. The van der Waals surface area contributed by atoms with Gasteiger partial charge in [0, 0.05) is 20.5 Å². The van der Waals surface area contributed by atoms with Gasteiger partial charge in [-0.25, -0.2) is 18.2 Å². The Kier molecular flexibility index (Phi) is 8.62. The summed E-state index contributed by atoms with van der Waals surface area (Å²) in [6.07, 6.45) is -2.71. The Morgan fingerprint density at radius 1 is 1.09 bits per heavy atom. The minimum absolute atomic E-state index is 0.185. The van der Waals surface area contributed by atoms with Crippen molar-refractivity contribution in [3.63, 3.8) is 0 Å². The topological polar surface area (TPSA) is 122 Å². The molecule has 0 saturated carbocycles. The molecule has 0 aromatic heterocycles. The summed E-state index contributed by atoms with van der Waals surface area (Å²) in [7, 11) is 0. The molecule has 3 rings (SSSR count). The van der Waals surface area contributed by atoms with Crippen molar-refractivity contribution in [2.75, 3.05) is 6.61 Å². The third-order valence-corrected chi connectivity index (χ3v) is 6.37. The molecule has 0 spiro atoms. The monoisotopic (exact) mass is 524 g/mol. The van der Waals surface area contributed by atoms with Crippen LogP contribution in [0, 0.1) is 17.5 Å². The van der Waals surface area contributed by atoms with E-state index >= 15 is 0 Å². The van der Waals surface area contributed by atoms with Gasteiger partial charge in [0.1, 0.15) is 17.6 Å². The second-order valence-corrected chi connectivity index (χ2v) is 9.08. The zero-order chi connectivity index (χ0) is 24.3. The fourth-order valence-corrected chi connectivity index (χ4v) is 5.01. The average molecular weight is 525 g/mol. The first-order valence-corrected chi connectivity index (χ1v) is 11.1. The number of benzene rings is 2. The summed E-state index contributed by atoms with van der Waals surface area (Å²) in [5, 5.41) is 35.1. The number of hydrogen-bond acceptors (Lipinski definition) is 7. The maximum absolute atomic E-state index is 13.6. The number of hydrazone groups is 1. The molecule has 1 fully saturated rings. The zero-order valence-electron chi connectivity index (χ0n) is 16.6. The van der Waals surface area contributed by atoms with Crippen LogP contribution in [-0.2, 0) is 4.74 Å². The third kappa shape index (κ3) is 5.99. The number of aliphatic hydroxyl groups excluding tert-OH is 3. The first-order valence-electron chi connectivity index (χ1n) is 9.41. The zero-order valence-corrected chi connectivity index (χ0v) is 19.0. The van der Waals surface area contributed by atoms with E-state index in [0.717, 1.165) is 18.0 Å². The highest BCUT2D eigenvalue weighted by Gasteiger charge is 2.48. The maximum Gasteiger partial charge on any atom is 0.208 e. The fourth-order valence-electron chi connectivity index (χ4n) is 3.19. The van der Waals surface area contributed by atoms with Crippen LogP contribution in [0.2, 0.25) is 10.0 Å². The van der Waals surface area contributed by atoms with Gasteiger partial charge in [0.2, 0.25) is 6.04 Å². The van der Waals surface area contributed by atoms with E-state index in [9.17, 15) is 28.5 Å². The van der Waals surface area contributed by atoms with Crippen LogP contribution in [0.15, 0.2) is 40.3 Å². The van der Waals surface area contributed by atoms with Crippen molar-refractivity contribution in [3.8, 4) is 0 Å². The van der Waals surface area contributed by atoms with Crippen LogP contribution in [0.1, 0.15) is 5.56 Å². The number of nitrogens with two attached hydrogens (primary N) is 1. The highest BCUT2D eigenvalue weighted by molar-refractivity contribution is 7.99. The molecule has 2 aromatic carbocycles. The molecule has 0 amide bonds. The molecule has 1 saturated heterocycles. The summed E-state index contributed by atoms with van der Waals surface area (Å²) in [4.78, 5) is 3.26. The lowest BCUT2D eigenvalue weighted by Gasteiger charge is -2.37. The van der Waals surface area contributed by atoms with Crippen LogP contribution < -0.4 is 10.8 Å². The summed E-state index contributed by atoms with van der Waals surface area (Å²) in [6.45, 7) is -0.564. The molecule has 0 radical (unpaired) electrons. The van der Waals surface area contributed by atoms with Crippen molar-refractivity contribution in [1.82, 2.24) is 0 Å². The number of nitrogens with one attached hydrogen (secondary N) is 1. The number of halogens is 5. The van der Waals surface area contributed by atoms with Gasteiger partial charge in [-0.1, -0.05) is 35.0 Å². The molecule has 33 heavy (non-hydrogen) atoms. The summed E-state index contributed by atoms with van der Waals surface area (Å²) in [5.41, 5.74) is -1.34. The maximum atomic E-state index is 13.6. The van der Waals surface area contributed by atoms with E-state index in [4.69, 9.17) is 33.8 Å². The molecule has 5 atom stereocenters. The molecule has 1 heterocycles. The molecule has 7 nitrogen and oxygen atoms in total. The molecule has 1 aliphatic heterocycles. The molecule has 2 aromatic rings. The van der Waals surface area contributed by atoms with E-state index in [-0.39, 0.29) is 11.3 Å². The van der Waals surface area contributed by atoms with E-state index in [1.165, 1.54) is 6.07 Å². The molecular formula is C20H19Cl2F3N3O4S+. The first kappa shape index (κ1) is 25.8. The second kappa shape index (κ2) is 11.0. The predicted molar refractivity (Wildman–Crippen MR) is 118 cm³/mol. The van der Waals surface area contributed by atoms with Crippen molar-refractivity contribution < 1.29 is 38.2 Å². The van der Waals surface area contributed by atoms with Gasteiger partial charge in [0.15, 0.2) is 35.5 Å². The lowest BCUT2D eigenvalue weighted by atomic mass is 9.98. The van der Waals surface area contributed by atoms with Gasteiger partial charge in [0.05, 0.1) is 6.61 Å². The van der Waals surface area contributed by atoms with E-state index in [1.807, 2.05) is 0 Å². The number of aliphatic hydroxyl groups is 3. The Morgan fingerprint density at radius 3 is 2.24 bits per heavy atom. The first-order chi connectivity index (χ1) is 15.6. The average Bonchev–Trinajstić information content (AvgIpc) is 2.75. The molecule has 3 unspecified atom stereocenters. The molecule has 13 heteroatoms. The molecule has 0 aliphatic carbocycles. The quantitative estimate of drug-likeness (QED) is 0.165. The van der Waals surface area contributed by atoms with Gasteiger partial charge in [-0.15, -0.1) is 0 Å². The smallest absolute Gasteiger partial charge is 0.208 e. The lowest BCUT2D eigenvalue weighted by Crippen LogP contribution is -2.87. The van der Waals surface area contributed by atoms with Crippen LogP contribution in [-0.4, -0.2) is 63.6 Å². The number of thioether (sulfide) groups is 1. The highest BCUT2D eigenvalue weighted by Crippen LogP contribution is 2.35. The molecular weight excluding hydrogens is 506 g/mol. The SMILES string of the molecule is NN=C(C=[NH+]C1C(O)[C@@H](Sc2cc(Cl)cc(Cl)c2)OC(CO)[C@@H]1O)c1cc(F)c(F)c(F)c1. The normalized spacial score (nSPS) is 26.2. The van der Waals surface area contributed by atoms with Gasteiger partial charge < -0.3 is 25.9 Å². The fraction of sp³-hybridized carbons (Fsp3) is 0.300. The molecule has 1 aliphatic rings. The lowest BCUT2D eigenvalue weighted by molar-refractivity contribution is -0.537. The van der Waals surface area contributed by atoms with Crippen LogP contribution in [0.25, 0.3) is 0 Å². The van der Waals surface area contributed by atoms with Gasteiger partial charge in [-0.2, -0.15) is 5.10 Å². The number of rotatable bonds is 6. The number of ether oxygens (including phenoxy) is 1. The van der Waals surface area contributed by atoms with Crippen LogP contribution in [0.5, 0.6) is 0 Å². The van der Waals surface area contributed by atoms with Gasteiger partial charge in [-0.3, -0.25) is 0 Å². The Balaban J connectivity index is 1.87. The van der Waals surface area contributed by atoms with Crippen molar-refractivity contribution in [1.29, 1.82) is 0 Å².